The molecule has 3 aromatic carbocycles. The fraction of sp³-hybridized carbons (Fsp3) is 0.317. The standard InChI is InChI=1S/C41H42N8O5/c1-47(41(53)54)36(29-7-3-2-4-8-29)40(52)49-22-6-10-34(49)38-43-24-32(46-38)28-17-13-26(14-18-28)25-11-15-27(16-12-25)31-23-42-37(45-31)33-9-5-21-48(33)39(51)30-19-20-35(50)44-30/h2-4,7-8,11-18,23-24,30,33-34,36H,5-6,9-10,19-22H2,1H3,(H,42,45)(H,43,46)(H,44,50)(H,53,54)/t30-,33-,34-,36+/m0/s1. The third-order valence-corrected chi connectivity index (χ3v) is 11.0. The Morgan fingerprint density at radius 2 is 1.26 bits per heavy atom. The number of likely N-dealkylation sites (N-methyl/N-ethyl adjacent to an activating group) is 1. The van der Waals surface area contributed by atoms with Crippen LogP contribution >= 0.6 is 0 Å². The third kappa shape index (κ3) is 6.72. The van der Waals surface area contributed by atoms with Crippen molar-refractivity contribution in [3.05, 3.63) is 108 Å². The monoisotopic (exact) mass is 726 g/mol. The van der Waals surface area contributed by atoms with Gasteiger partial charge < -0.3 is 30.2 Å². The summed E-state index contributed by atoms with van der Waals surface area (Å²) >= 11 is 0. The Hall–Kier alpha value is -6.24. The number of hydrogen-bond acceptors (Lipinski definition) is 6. The number of aromatic nitrogens is 4. The molecule has 13 nitrogen and oxygen atoms in total. The number of carbonyl (C=O) groups is 4. The minimum absolute atomic E-state index is 0.0306. The molecule has 0 aliphatic carbocycles. The molecule has 3 aliphatic rings. The number of H-pyrrole nitrogens is 2. The molecule has 3 fully saturated rings. The van der Waals surface area contributed by atoms with Crippen LogP contribution in [0, 0.1) is 0 Å². The first kappa shape index (κ1) is 34.8. The van der Waals surface area contributed by atoms with Gasteiger partial charge in [0.15, 0.2) is 0 Å². The third-order valence-electron chi connectivity index (χ3n) is 11.0. The second-order valence-corrected chi connectivity index (χ2v) is 14.3. The summed E-state index contributed by atoms with van der Waals surface area (Å²) in [6, 6.07) is 23.7. The van der Waals surface area contributed by atoms with Gasteiger partial charge in [-0.05, 0) is 59.9 Å². The molecule has 0 radical (unpaired) electrons. The number of amides is 4. The van der Waals surface area contributed by atoms with Crippen LogP contribution in [0.4, 0.5) is 4.79 Å². The zero-order chi connectivity index (χ0) is 37.3. The van der Waals surface area contributed by atoms with Crippen molar-refractivity contribution < 1.29 is 24.3 Å². The zero-order valence-corrected chi connectivity index (χ0v) is 29.9. The average molecular weight is 727 g/mol. The van der Waals surface area contributed by atoms with E-state index in [4.69, 9.17) is 0 Å². The van der Waals surface area contributed by atoms with E-state index < -0.39 is 18.2 Å². The molecule has 0 unspecified atom stereocenters. The first-order valence-electron chi connectivity index (χ1n) is 18.5. The van der Waals surface area contributed by atoms with Crippen LogP contribution in [0.5, 0.6) is 0 Å². The predicted molar refractivity (Wildman–Crippen MR) is 201 cm³/mol. The molecule has 5 aromatic rings. The van der Waals surface area contributed by atoms with E-state index in [2.05, 4.69) is 61.7 Å². The highest BCUT2D eigenvalue weighted by molar-refractivity contribution is 5.91. The Kier molecular flexibility index (Phi) is 9.45. The SMILES string of the molecule is CN(C(=O)O)[C@@H](C(=O)N1CCC[C@H]1c1ncc(-c2ccc(-c3ccc(-c4cnc([C@@H]5CCCN5C(=O)[C@@H]5CCC(=O)N5)[nH]4)cc3)cc2)[nH]1)c1ccccc1. The number of nitrogens with one attached hydrogen (secondary N) is 3. The lowest BCUT2D eigenvalue weighted by Crippen LogP contribution is -2.44. The van der Waals surface area contributed by atoms with E-state index in [9.17, 15) is 24.3 Å². The second-order valence-electron chi connectivity index (χ2n) is 14.3. The van der Waals surface area contributed by atoms with Gasteiger partial charge in [0, 0.05) is 26.6 Å². The number of benzene rings is 3. The van der Waals surface area contributed by atoms with Crippen LogP contribution in [0.2, 0.25) is 0 Å². The summed E-state index contributed by atoms with van der Waals surface area (Å²) in [4.78, 5) is 71.6. The number of aromatic amines is 2. The number of rotatable bonds is 9. The molecule has 13 heteroatoms. The van der Waals surface area contributed by atoms with Gasteiger partial charge in [0.1, 0.15) is 23.7 Å². The first-order chi connectivity index (χ1) is 26.2. The number of carbonyl (C=O) groups excluding carboxylic acids is 3. The van der Waals surface area contributed by atoms with E-state index in [-0.39, 0.29) is 29.8 Å². The number of likely N-dealkylation sites (tertiary alicyclic amines) is 2. The maximum absolute atomic E-state index is 13.9. The molecule has 4 N–H and O–H groups in total. The maximum atomic E-state index is 13.9. The van der Waals surface area contributed by atoms with Crippen molar-refractivity contribution in [2.45, 2.75) is 62.7 Å². The summed E-state index contributed by atoms with van der Waals surface area (Å²) in [7, 11) is 1.43. The minimum Gasteiger partial charge on any atom is -0.465 e. The number of hydrogen-bond donors (Lipinski definition) is 4. The molecule has 0 spiro atoms. The van der Waals surface area contributed by atoms with Gasteiger partial charge in [0.25, 0.3) is 5.91 Å². The molecule has 276 valence electrons. The van der Waals surface area contributed by atoms with Gasteiger partial charge in [-0.25, -0.2) is 14.8 Å². The molecule has 0 saturated carbocycles. The van der Waals surface area contributed by atoms with Crippen molar-refractivity contribution in [2.24, 2.45) is 0 Å². The number of carboxylic acid groups (broad SMARTS) is 1. The molecule has 3 saturated heterocycles. The molecule has 8 rings (SSSR count). The molecule has 54 heavy (non-hydrogen) atoms. The van der Waals surface area contributed by atoms with Crippen LogP contribution in [0.3, 0.4) is 0 Å². The van der Waals surface area contributed by atoms with Crippen molar-refractivity contribution in [1.29, 1.82) is 0 Å². The van der Waals surface area contributed by atoms with Crippen molar-refractivity contribution in [3.8, 4) is 33.6 Å². The topological polar surface area (TPSA) is 168 Å². The summed E-state index contributed by atoms with van der Waals surface area (Å²) < 4.78 is 0. The maximum Gasteiger partial charge on any atom is 0.407 e. The van der Waals surface area contributed by atoms with Gasteiger partial charge in [-0.15, -0.1) is 0 Å². The largest absolute Gasteiger partial charge is 0.465 e. The highest BCUT2D eigenvalue weighted by Gasteiger charge is 2.40. The van der Waals surface area contributed by atoms with Crippen LogP contribution in [0.1, 0.15) is 73.9 Å². The summed E-state index contributed by atoms with van der Waals surface area (Å²) in [6.45, 7) is 1.18. The predicted octanol–water partition coefficient (Wildman–Crippen LogP) is 6.09. The molecule has 3 aliphatic heterocycles. The lowest BCUT2D eigenvalue weighted by Gasteiger charge is -2.32. The molecular formula is C41H42N8O5. The van der Waals surface area contributed by atoms with E-state index >= 15 is 0 Å². The van der Waals surface area contributed by atoms with E-state index in [0.29, 0.717) is 37.3 Å². The average Bonchev–Trinajstić information content (AvgIpc) is 4.05. The molecular weight excluding hydrogens is 685 g/mol. The number of imidazole rings is 2. The zero-order valence-electron chi connectivity index (χ0n) is 29.9. The summed E-state index contributed by atoms with van der Waals surface area (Å²) in [5.41, 5.74) is 6.39. The van der Waals surface area contributed by atoms with Gasteiger partial charge in [-0.2, -0.15) is 0 Å². The summed E-state index contributed by atoms with van der Waals surface area (Å²) in [6.07, 6.45) is 6.60. The Labute approximate surface area is 312 Å². The van der Waals surface area contributed by atoms with Gasteiger partial charge in [-0.1, -0.05) is 78.9 Å². The quantitative estimate of drug-likeness (QED) is 0.143. The Balaban J connectivity index is 0.932. The number of nitrogens with zero attached hydrogens (tertiary/aromatic N) is 5. The van der Waals surface area contributed by atoms with Gasteiger partial charge >= 0.3 is 6.09 Å². The van der Waals surface area contributed by atoms with Crippen molar-refractivity contribution >= 4 is 23.8 Å². The Morgan fingerprint density at radius 1 is 0.741 bits per heavy atom. The Morgan fingerprint density at radius 3 is 1.78 bits per heavy atom. The van der Waals surface area contributed by atoms with Crippen molar-refractivity contribution in [3.63, 3.8) is 0 Å². The van der Waals surface area contributed by atoms with Gasteiger partial charge in [0.2, 0.25) is 11.8 Å². The molecule has 2 aromatic heterocycles. The van der Waals surface area contributed by atoms with Crippen LogP contribution in [0.15, 0.2) is 91.3 Å². The minimum atomic E-state index is -1.17. The van der Waals surface area contributed by atoms with E-state index in [1.54, 1.807) is 35.4 Å². The van der Waals surface area contributed by atoms with Crippen LogP contribution < -0.4 is 5.32 Å². The van der Waals surface area contributed by atoms with Crippen LogP contribution in [-0.4, -0.2) is 89.7 Å². The van der Waals surface area contributed by atoms with E-state index in [1.807, 2.05) is 29.3 Å². The van der Waals surface area contributed by atoms with Crippen molar-refractivity contribution in [1.82, 2.24) is 40.0 Å². The fourth-order valence-corrected chi connectivity index (χ4v) is 8.05. The normalized spacial score (nSPS) is 20.2. The van der Waals surface area contributed by atoms with Gasteiger partial charge in [0.05, 0.1) is 35.9 Å². The van der Waals surface area contributed by atoms with Crippen LogP contribution in [-0.2, 0) is 14.4 Å². The highest BCUT2D eigenvalue weighted by Crippen LogP contribution is 2.36. The molecule has 4 atom stereocenters. The lowest BCUT2D eigenvalue weighted by atomic mass is 10.0. The molecule has 5 heterocycles. The van der Waals surface area contributed by atoms with E-state index in [0.717, 1.165) is 70.0 Å². The summed E-state index contributed by atoms with van der Waals surface area (Å²) in [5.74, 6) is 1.07. The first-order valence-corrected chi connectivity index (χ1v) is 18.5. The van der Waals surface area contributed by atoms with E-state index in [1.165, 1.54) is 7.05 Å². The smallest absolute Gasteiger partial charge is 0.407 e. The fourth-order valence-electron chi connectivity index (χ4n) is 8.05. The highest BCUT2D eigenvalue weighted by atomic mass is 16.4. The van der Waals surface area contributed by atoms with Crippen molar-refractivity contribution in [2.75, 3.05) is 20.1 Å². The van der Waals surface area contributed by atoms with Crippen LogP contribution in [0.25, 0.3) is 33.6 Å². The molecule has 4 amide bonds. The second kappa shape index (κ2) is 14.6. The molecule has 0 bridgehead atoms. The lowest BCUT2D eigenvalue weighted by molar-refractivity contribution is -0.137. The Bertz CT molecular complexity index is 2160. The van der Waals surface area contributed by atoms with Gasteiger partial charge in [-0.3, -0.25) is 19.3 Å². The summed E-state index contributed by atoms with van der Waals surface area (Å²) in [5, 5.41) is 12.6.